The van der Waals surface area contributed by atoms with Crippen molar-refractivity contribution in [3.05, 3.63) is 34.2 Å². The van der Waals surface area contributed by atoms with E-state index in [1.54, 1.807) is 11.8 Å². The molecule has 0 spiro atoms. The smallest absolute Gasteiger partial charge is 0.355 e. The maximum absolute atomic E-state index is 5.82. The summed E-state index contributed by atoms with van der Waals surface area (Å²) in [7, 11) is 0. The van der Waals surface area contributed by atoms with Gasteiger partial charge in [-0.1, -0.05) is 19.8 Å². The first-order chi connectivity index (χ1) is 9.78. The number of hydrogen-bond acceptors (Lipinski definition) is 4. The number of amidine groups is 1. The number of benzene rings is 1. The number of rotatable bonds is 5. The second-order valence-corrected chi connectivity index (χ2v) is 6.31. The van der Waals surface area contributed by atoms with E-state index in [4.69, 9.17) is 10.5 Å². The van der Waals surface area contributed by atoms with Gasteiger partial charge in [0, 0.05) is 22.2 Å². The van der Waals surface area contributed by atoms with Crippen LogP contribution in [0.3, 0.4) is 0 Å². The number of fused-ring (bicyclic) bond motifs is 2. The Hall–Kier alpha value is -1.42. The van der Waals surface area contributed by atoms with E-state index in [0.717, 1.165) is 37.3 Å². The quantitative estimate of drug-likeness (QED) is 0.846. The molecule has 105 valence electrons. The van der Waals surface area contributed by atoms with E-state index in [9.17, 15) is 0 Å². The number of aryl methyl sites for hydroxylation is 1. The Morgan fingerprint density at radius 1 is 1.30 bits per heavy atom. The van der Waals surface area contributed by atoms with Gasteiger partial charge in [-0.25, -0.2) is 0 Å². The normalized spacial score (nSPS) is 16.8. The van der Waals surface area contributed by atoms with Crippen molar-refractivity contribution in [3.63, 3.8) is 0 Å². The molecular weight excluding hydrogens is 268 g/mol. The Kier molecular flexibility index (Phi) is 4.01. The molecule has 1 heterocycles. The summed E-state index contributed by atoms with van der Waals surface area (Å²) in [6.45, 7) is 3.01. The highest BCUT2D eigenvalue weighted by atomic mass is 32.2. The minimum Gasteiger partial charge on any atom is -0.494 e. The number of allylic oxidation sites excluding steroid dienone is 1. The Morgan fingerprint density at radius 2 is 2.20 bits per heavy atom. The van der Waals surface area contributed by atoms with Crippen LogP contribution < -0.4 is 15.5 Å². The topological polar surface area (TPSA) is 49.4 Å². The van der Waals surface area contributed by atoms with E-state index >= 15 is 0 Å². The van der Waals surface area contributed by atoms with Gasteiger partial charge < -0.3 is 4.74 Å². The van der Waals surface area contributed by atoms with Crippen molar-refractivity contribution in [1.82, 2.24) is 4.99 Å². The van der Waals surface area contributed by atoms with Crippen LogP contribution in [0.15, 0.2) is 23.1 Å². The SMILES string of the molecule is CCCCCOc1ccc2c(c1)CCC1=C2[N+]=C(N)S1. The number of nitrogens with two attached hydrogens (primary N) is 1. The lowest BCUT2D eigenvalue weighted by Gasteiger charge is -2.15. The van der Waals surface area contributed by atoms with Crippen LogP contribution in [0.2, 0.25) is 0 Å². The van der Waals surface area contributed by atoms with Crippen LogP contribution in [-0.4, -0.2) is 11.8 Å². The van der Waals surface area contributed by atoms with Crippen LogP contribution in [0.1, 0.15) is 43.7 Å². The number of aliphatic imine (C=N–C) groups is 1. The summed E-state index contributed by atoms with van der Waals surface area (Å²) >= 11 is 1.61. The molecule has 1 aromatic rings. The van der Waals surface area contributed by atoms with Crippen molar-refractivity contribution in [2.75, 3.05) is 6.61 Å². The lowest BCUT2D eigenvalue weighted by molar-refractivity contribution is 0.306. The van der Waals surface area contributed by atoms with Crippen molar-refractivity contribution in [2.45, 2.75) is 39.0 Å². The summed E-state index contributed by atoms with van der Waals surface area (Å²) in [6.07, 6.45) is 5.67. The predicted octanol–water partition coefficient (Wildman–Crippen LogP) is 3.27. The lowest BCUT2D eigenvalue weighted by Crippen LogP contribution is -2.09. The molecule has 1 aliphatic heterocycles. The third-order valence-corrected chi connectivity index (χ3v) is 4.63. The first kappa shape index (κ1) is 13.6. The zero-order chi connectivity index (χ0) is 13.9. The van der Waals surface area contributed by atoms with E-state index in [1.165, 1.54) is 28.9 Å². The number of unbranched alkanes of at least 4 members (excludes halogenated alkanes) is 2. The molecule has 0 aromatic heterocycles. The van der Waals surface area contributed by atoms with Crippen LogP contribution in [-0.2, 0) is 6.42 Å². The number of hydrogen-bond donors (Lipinski definition) is 1. The predicted molar refractivity (Wildman–Crippen MR) is 85.6 cm³/mol. The van der Waals surface area contributed by atoms with E-state index in [1.807, 2.05) is 0 Å². The Bertz CT molecular complexity index is 578. The largest absolute Gasteiger partial charge is 0.494 e. The highest BCUT2D eigenvalue weighted by Crippen LogP contribution is 2.39. The van der Waals surface area contributed by atoms with Crippen molar-refractivity contribution in [1.29, 1.82) is 0 Å². The monoisotopic (exact) mass is 288 g/mol. The fourth-order valence-corrected chi connectivity index (χ4v) is 3.48. The first-order valence-corrected chi connectivity index (χ1v) is 8.11. The zero-order valence-corrected chi connectivity index (χ0v) is 12.6. The summed E-state index contributed by atoms with van der Waals surface area (Å²) in [5, 5.41) is 0.669. The molecule has 20 heavy (non-hydrogen) atoms. The van der Waals surface area contributed by atoms with Crippen LogP contribution in [0.4, 0.5) is 0 Å². The van der Waals surface area contributed by atoms with Crippen LogP contribution in [0.5, 0.6) is 5.75 Å². The Labute approximate surface area is 124 Å². The average Bonchev–Trinajstić information content (AvgIpc) is 2.84. The summed E-state index contributed by atoms with van der Waals surface area (Å²) < 4.78 is 5.82. The van der Waals surface area contributed by atoms with E-state index in [2.05, 4.69) is 30.1 Å². The van der Waals surface area contributed by atoms with Gasteiger partial charge >= 0.3 is 5.17 Å². The second-order valence-electron chi connectivity index (χ2n) is 5.20. The molecule has 0 bridgehead atoms. The van der Waals surface area contributed by atoms with Crippen LogP contribution in [0.25, 0.3) is 5.70 Å². The standard InChI is InChI=1S/C16H20N2OS/c1-2-3-4-9-19-12-6-7-13-11(10-12)5-8-14-15(13)18-16(17)20-14/h6-7,10H,2-5,8-9,17H2,1H3/q+1. The Balaban J connectivity index is 1.74. The average molecular weight is 288 g/mol. The van der Waals surface area contributed by atoms with Crippen molar-refractivity contribution in [3.8, 4) is 5.75 Å². The molecule has 0 unspecified atom stereocenters. The number of thioether (sulfide) groups is 1. The molecule has 1 aliphatic carbocycles. The van der Waals surface area contributed by atoms with Gasteiger partial charge in [-0.05, 0) is 48.0 Å². The van der Waals surface area contributed by atoms with E-state index in [-0.39, 0.29) is 0 Å². The molecule has 0 atom stereocenters. The molecule has 2 N–H and O–H groups in total. The molecule has 0 saturated carbocycles. The second kappa shape index (κ2) is 5.92. The van der Waals surface area contributed by atoms with Gasteiger partial charge in [-0.2, -0.15) is 0 Å². The molecular formula is C16H20N2OS+. The van der Waals surface area contributed by atoms with Crippen molar-refractivity contribution >= 4 is 22.6 Å². The van der Waals surface area contributed by atoms with Gasteiger partial charge in [0.25, 0.3) is 0 Å². The summed E-state index contributed by atoms with van der Waals surface area (Å²) in [4.78, 5) is 5.78. The van der Waals surface area contributed by atoms with Crippen LogP contribution in [0, 0.1) is 0 Å². The van der Waals surface area contributed by atoms with Gasteiger partial charge in [0.15, 0.2) is 5.70 Å². The lowest BCUT2D eigenvalue weighted by atomic mass is 9.94. The highest BCUT2D eigenvalue weighted by molar-refractivity contribution is 8.17. The molecule has 0 saturated heterocycles. The van der Waals surface area contributed by atoms with Gasteiger partial charge in [-0.15, -0.1) is 0 Å². The third kappa shape index (κ3) is 2.70. The fraction of sp³-hybridized carbons (Fsp3) is 0.438. The highest BCUT2D eigenvalue weighted by Gasteiger charge is 2.31. The van der Waals surface area contributed by atoms with Gasteiger partial charge in [0.05, 0.1) is 6.61 Å². The minimum atomic E-state index is 0.669. The first-order valence-electron chi connectivity index (χ1n) is 7.29. The summed E-state index contributed by atoms with van der Waals surface area (Å²) in [6, 6.07) is 6.34. The van der Waals surface area contributed by atoms with Crippen molar-refractivity contribution in [2.24, 2.45) is 5.73 Å². The molecule has 2 aliphatic rings. The maximum atomic E-state index is 5.82. The molecule has 0 amide bonds. The van der Waals surface area contributed by atoms with E-state index in [0.29, 0.717) is 5.17 Å². The molecule has 4 heteroatoms. The summed E-state index contributed by atoms with van der Waals surface area (Å²) in [5.41, 5.74) is 9.45. The molecule has 3 nitrogen and oxygen atoms in total. The number of nitrogens with zero attached hydrogens (tertiary/aromatic N) is 1. The van der Waals surface area contributed by atoms with Crippen LogP contribution >= 0.6 is 11.8 Å². The Morgan fingerprint density at radius 3 is 3.05 bits per heavy atom. The van der Waals surface area contributed by atoms with Crippen molar-refractivity contribution < 1.29 is 4.74 Å². The minimum absolute atomic E-state index is 0.669. The van der Waals surface area contributed by atoms with Gasteiger partial charge in [0.2, 0.25) is 0 Å². The van der Waals surface area contributed by atoms with Gasteiger partial charge in [-0.3, -0.25) is 5.73 Å². The van der Waals surface area contributed by atoms with E-state index < -0.39 is 0 Å². The molecule has 1 radical (unpaired) electrons. The molecule has 1 aromatic carbocycles. The zero-order valence-electron chi connectivity index (χ0n) is 11.8. The molecule has 3 rings (SSSR count). The maximum Gasteiger partial charge on any atom is 0.355 e. The fourth-order valence-electron chi connectivity index (χ4n) is 2.64. The molecule has 0 fully saturated rings. The third-order valence-electron chi connectivity index (χ3n) is 3.68. The van der Waals surface area contributed by atoms with Gasteiger partial charge in [0.1, 0.15) is 5.75 Å². The summed E-state index contributed by atoms with van der Waals surface area (Å²) in [5.74, 6) is 0.978. The number of ether oxygens (including phenoxy) is 1.